The van der Waals surface area contributed by atoms with Crippen LogP contribution in [-0.4, -0.2) is 13.0 Å². The molecule has 0 amide bonds. The molecule has 6 heteroatoms. The van der Waals surface area contributed by atoms with Crippen LogP contribution in [0.1, 0.15) is 1.43 Å². The maximum Gasteiger partial charge on any atom is 1.00 e. The average molecular weight is 204 g/mol. The van der Waals surface area contributed by atoms with E-state index in [1.54, 1.807) is 5.38 Å². The van der Waals surface area contributed by atoms with Crippen molar-refractivity contribution in [2.75, 3.05) is 0 Å². The second kappa shape index (κ2) is 4.32. The third-order valence-electron chi connectivity index (χ3n) is 0.793. The van der Waals surface area contributed by atoms with Crippen LogP contribution in [0.4, 0.5) is 0 Å². The molecule has 0 saturated heterocycles. The van der Waals surface area contributed by atoms with Gasteiger partial charge in [0, 0.05) is 5.38 Å². The van der Waals surface area contributed by atoms with Crippen LogP contribution in [0, 0.1) is 0 Å². The smallest absolute Gasteiger partial charge is 1.00 e. The van der Waals surface area contributed by atoms with E-state index < -0.39 is 10.1 Å². The van der Waals surface area contributed by atoms with Gasteiger partial charge in [-0.2, -0.15) is 19.8 Å². The Morgan fingerprint density at radius 1 is 1.60 bits per heavy atom. The second-order valence-electron chi connectivity index (χ2n) is 1.43. The topological polar surface area (TPSA) is 54.4 Å². The first-order chi connectivity index (χ1) is 4.11. The van der Waals surface area contributed by atoms with Gasteiger partial charge >= 0.3 is 51.4 Å². The first kappa shape index (κ1) is 11.2. The van der Waals surface area contributed by atoms with Gasteiger partial charge in [0.25, 0.3) is 10.1 Å². The molecule has 10 heavy (non-hydrogen) atoms. The zero-order valence-corrected chi connectivity index (χ0v) is 10.1. The minimum absolute atomic E-state index is 0. The molecule has 0 fully saturated rings. The molecule has 0 unspecified atom stereocenters. The molecule has 0 radical (unpaired) electrons. The minimum atomic E-state index is -3.95. The third kappa shape index (κ3) is 3.10. The molecule has 0 aromatic carbocycles. The first-order valence-electron chi connectivity index (χ1n) is 2.10. The van der Waals surface area contributed by atoms with Crippen molar-refractivity contribution in [2.24, 2.45) is 0 Å². The van der Waals surface area contributed by atoms with Crippen LogP contribution >= 0.6 is 11.3 Å². The van der Waals surface area contributed by atoms with Crippen LogP contribution < -0.4 is 51.4 Å². The Hall–Kier alpha value is 1.25. The predicted octanol–water partition coefficient (Wildman–Crippen LogP) is -1.89. The standard InChI is InChI=1S/C4H4O3S2.K.H/c5-9(6,7)4-1-2-8-3-4;;/h1-3H,(H,5,6,7);;/q;+1;-1. The van der Waals surface area contributed by atoms with E-state index in [1.807, 2.05) is 0 Å². The van der Waals surface area contributed by atoms with Crippen LogP contribution in [0.25, 0.3) is 0 Å². The maximum atomic E-state index is 10.3. The van der Waals surface area contributed by atoms with Gasteiger partial charge in [0.1, 0.15) is 4.90 Å². The molecule has 0 saturated carbocycles. The van der Waals surface area contributed by atoms with Crippen molar-refractivity contribution < 1.29 is 65.8 Å². The van der Waals surface area contributed by atoms with Crippen molar-refractivity contribution in [2.45, 2.75) is 4.90 Å². The summed E-state index contributed by atoms with van der Waals surface area (Å²) in [6.07, 6.45) is 0. The summed E-state index contributed by atoms with van der Waals surface area (Å²) in [5.74, 6) is 0. The van der Waals surface area contributed by atoms with E-state index in [0.717, 1.165) is 0 Å². The maximum absolute atomic E-state index is 10.3. The fourth-order valence-electron chi connectivity index (χ4n) is 0.399. The monoisotopic (exact) mass is 204 g/mol. The largest absolute Gasteiger partial charge is 1.00 e. The molecule has 1 rings (SSSR count). The molecular formula is C4H5KO3S2. The van der Waals surface area contributed by atoms with E-state index in [1.165, 1.54) is 22.8 Å². The number of thiophene rings is 1. The summed E-state index contributed by atoms with van der Waals surface area (Å²) in [6, 6.07) is 1.35. The molecule has 1 aromatic rings. The van der Waals surface area contributed by atoms with Gasteiger partial charge < -0.3 is 1.43 Å². The fourth-order valence-corrected chi connectivity index (χ4v) is 1.89. The Balaban J connectivity index is 0. The van der Waals surface area contributed by atoms with Crippen LogP contribution in [0.5, 0.6) is 0 Å². The molecule has 0 spiro atoms. The molecule has 0 aliphatic rings. The SMILES string of the molecule is O=S(=O)(O)c1ccsc1.[H-].[K+]. The predicted molar refractivity (Wildman–Crippen MR) is 35.2 cm³/mol. The van der Waals surface area contributed by atoms with Crippen molar-refractivity contribution in [1.82, 2.24) is 0 Å². The molecule has 0 atom stereocenters. The Labute approximate surface area is 107 Å². The van der Waals surface area contributed by atoms with E-state index in [9.17, 15) is 8.42 Å². The minimum Gasteiger partial charge on any atom is -1.00 e. The third-order valence-corrected chi connectivity index (χ3v) is 2.48. The molecule has 0 aliphatic carbocycles. The summed E-state index contributed by atoms with van der Waals surface area (Å²) in [5, 5.41) is 2.96. The summed E-state index contributed by atoms with van der Waals surface area (Å²) in [4.78, 5) is -0.0347. The van der Waals surface area contributed by atoms with Crippen molar-refractivity contribution in [3.8, 4) is 0 Å². The fraction of sp³-hybridized carbons (Fsp3) is 0. The van der Waals surface area contributed by atoms with Gasteiger partial charge in [-0.1, -0.05) is 0 Å². The van der Waals surface area contributed by atoms with Crippen LogP contribution in [0.2, 0.25) is 0 Å². The molecule has 3 nitrogen and oxygen atoms in total. The normalized spacial score (nSPS) is 10.5. The van der Waals surface area contributed by atoms with Gasteiger partial charge in [0.2, 0.25) is 0 Å². The van der Waals surface area contributed by atoms with Gasteiger partial charge in [-0.05, 0) is 11.4 Å². The van der Waals surface area contributed by atoms with Crippen molar-refractivity contribution in [3.05, 3.63) is 16.8 Å². The number of rotatable bonds is 1. The van der Waals surface area contributed by atoms with Gasteiger partial charge in [-0.15, -0.1) is 0 Å². The van der Waals surface area contributed by atoms with E-state index in [-0.39, 0.29) is 57.7 Å². The quantitative estimate of drug-likeness (QED) is 0.430. The number of hydrogen-bond donors (Lipinski definition) is 1. The summed E-state index contributed by atoms with van der Waals surface area (Å²) < 4.78 is 28.9. The Bertz CT molecular complexity index is 280. The zero-order chi connectivity index (χ0) is 6.91. The molecule has 0 aliphatic heterocycles. The summed E-state index contributed by atoms with van der Waals surface area (Å²) >= 11 is 1.23. The van der Waals surface area contributed by atoms with Gasteiger partial charge in [-0.25, -0.2) is 0 Å². The molecule has 1 N–H and O–H groups in total. The number of hydrogen-bond acceptors (Lipinski definition) is 3. The van der Waals surface area contributed by atoms with Crippen molar-refractivity contribution >= 4 is 21.5 Å². The Morgan fingerprint density at radius 2 is 2.20 bits per heavy atom. The van der Waals surface area contributed by atoms with Crippen molar-refractivity contribution in [3.63, 3.8) is 0 Å². The summed E-state index contributed by atoms with van der Waals surface area (Å²) in [5.41, 5.74) is 0. The Morgan fingerprint density at radius 3 is 2.40 bits per heavy atom. The summed E-state index contributed by atoms with van der Waals surface area (Å²) in [7, 11) is -3.95. The molecule has 1 aromatic heterocycles. The van der Waals surface area contributed by atoms with E-state index >= 15 is 0 Å². The summed E-state index contributed by atoms with van der Waals surface area (Å²) in [6.45, 7) is 0. The molecular weight excluding hydrogens is 199 g/mol. The van der Waals surface area contributed by atoms with E-state index in [4.69, 9.17) is 4.55 Å². The van der Waals surface area contributed by atoms with Gasteiger partial charge in [-0.3, -0.25) is 4.55 Å². The van der Waals surface area contributed by atoms with Gasteiger partial charge in [0.05, 0.1) is 0 Å². The first-order valence-corrected chi connectivity index (χ1v) is 4.48. The van der Waals surface area contributed by atoms with Gasteiger partial charge in [0.15, 0.2) is 0 Å². The van der Waals surface area contributed by atoms with Crippen molar-refractivity contribution in [1.29, 1.82) is 0 Å². The average Bonchev–Trinajstić information content (AvgIpc) is 2.08. The van der Waals surface area contributed by atoms with Crippen LogP contribution in [0.3, 0.4) is 0 Å². The second-order valence-corrected chi connectivity index (χ2v) is 3.64. The van der Waals surface area contributed by atoms with Crippen LogP contribution in [-0.2, 0) is 10.1 Å². The van der Waals surface area contributed by atoms with E-state index in [0.29, 0.717) is 0 Å². The zero-order valence-electron chi connectivity index (χ0n) is 6.31. The van der Waals surface area contributed by atoms with Crippen LogP contribution in [0.15, 0.2) is 21.7 Å². The Kier molecular flexibility index (Phi) is 4.85. The molecule has 1 heterocycles. The van der Waals surface area contributed by atoms with E-state index in [2.05, 4.69) is 0 Å². The molecule has 0 bridgehead atoms. The molecule has 52 valence electrons.